The number of likely N-dealkylation sites (N-methyl/N-ethyl adjacent to an activating group) is 1. The molecule has 34 heavy (non-hydrogen) atoms. The molecule has 1 aliphatic rings. The molecule has 180 valence electrons. The van der Waals surface area contributed by atoms with Crippen LogP contribution in [0.2, 0.25) is 0 Å². The van der Waals surface area contributed by atoms with Crippen LogP contribution in [-0.4, -0.2) is 32.2 Å². The summed E-state index contributed by atoms with van der Waals surface area (Å²) >= 11 is 0. The van der Waals surface area contributed by atoms with Crippen LogP contribution in [-0.2, 0) is 0 Å². The summed E-state index contributed by atoms with van der Waals surface area (Å²) in [4.78, 5) is 0. The topological polar surface area (TPSA) is 48.1 Å². The monoisotopic (exact) mass is 456 g/mol. The quantitative estimate of drug-likeness (QED) is 0.364. The summed E-state index contributed by atoms with van der Waals surface area (Å²) in [5.41, 5.74) is 6.48. The van der Waals surface area contributed by atoms with Gasteiger partial charge < -0.3 is 21.3 Å². The Hall–Kier alpha value is -3.00. The number of allylic oxidation sites excluding steroid dienone is 1. The first-order valence-electron chi connectivity index (χ1n) is 12.5. The maximum atomic E-state index is 4.18. The molecular formula is C30H40N4. The van der Waals surface area contributed by atoms with E-state index in [2.05, 4.69) is 115 Å². The summed E-state index contributed by atoms with van der Waals surface area (Å²) in [5, 5.41) is 13.9. The minimum absolute atomic E-state index is 0.366. The van der Waals surface area contributed by atoms with Crippen LogP contribution in [0.15, 0.2) is 66.9 Å². The third-order valence-electron chi connectivity index (χ3n) is 6.20. The van der Waals surface area contributed by atoms with Gasteiger partial charge in [-0.2, -0.15) is 0 Å². The highest BCUT2D eigenvalue weighted by Gasteiger charge is 2.17. The Morgan fingerprint density at radius 1 is 1.09 bits per heavy atom. The Balaban J connectivity index is 1.63. The lowest BCUT2D eigenvalue weighted by Gasteiger charge is -2.25. The molecule has 1 aliphatic heterocycles. The van der Waals surface area contributed by atoms with Crippen LogP contribution in [0, 0.1) is 17.8 Å². The normalized spacial score (nSPS) is 16.6. The smallest absolute Gasteiger partial charge is 0.0467 e. The van der Waals surface area contributed by atoms with E-state index in [1.54, 1.807) is 0 Å². The summed E-state index contributed by atoms with van der Waals surface area (Å²) < 4.78 is 0. The molecule has 1 saturated heterocycles. The van der Waals surface area contributed by atoms with Gasteiger partial charge in [0, 0.05) is 46.8 Å². The summed E-state index contributed by atoms with van der Waals surface area (Å²) in [6.45, 7) is 12.9. The average Bonchev–Trinajstić information content (AvgIpc) is 3.38. The second kappa shape index (κ2) is 13.0. The van der Waals surface area contributed by atoms with Gasteiger partial charge in [0.05, 0.1) is 0 Å². The minimum atomic E-state index is 0.366. The molecule has 4 N–H and O–H groups in total. The highest BCUT2D eigenvalue weighted by molar-refractivity contribution is 5.65. The molecule has 2 aromatic rings. The van der Waals surface area contributed by atoms with Gasteiger partial charge in [-0.15, -0.1) is 0 Å². The molecule has 0 aromatic heterocycles. The van der Waals surface area contributed by atoms with E-state index in [0.29, 0.717) is 18.0 Å². The zero-order valence-electron chi connectivity index (χ0n) is 21.2. The fourth-order valence-corrected chi connectivity index (χ4v) is 4.11. The van der Waals surface area contributed by atoms with E-state index in [0.717, 1.165) is 48.4 Å². The van der Waals surface area contributed by atoms with Crippen molar-refractivity contribution in [3.05, 3.63) is 83.6 Å². The Kier molecular flexibility index (Phi) is 9.82. The molecule has 3 rings (SSSR count). The second-order valence-corrected chi connectivity index (χ2v) is 9.28. The van der Waals surface area contributed by atoms with Crippen molar-refractivity contribution in [3.63, 3.8) is 0 Å². The zero-order chi connectivity index (χ0) is 24.3. The number of hydrogen-bond donors (Lipinski definition) is 4. The Labute approximate surface area is 206 Å². The van der Waals surface area contributed by atoms with E-state index in [4.69, 9.17) is 0 Å². The van der Waals surface area contributed by atoms with Crippen molar-refractivity contribution in [1.82, 2.24) is 16.0 Å². The van der Waals surface area contributed by atoms with E-state index in [1.165, 1.54) is 17.7 Å². The lowest BCUT2D eigenvalue weighted by Crippen LogP contribution is -2.40. The molecule has 0 aliphatic carbocycles. The maximum absolute atomic E-state index is 4.18. The molecule has 2 aromatic carbocycles. The number of hydrogen-bond acceptors (Lipinski definition) is 4. The molecule has 0 radical (unpaired) electrons. The van der Waals surface area contributed by atoms with Gasteiger partial charge >= 0.3 is 0 Å². The van der Waals surface area contributed by atoms with Crippen molar-refractivity contribution in [2.45, 2.75) is 52.1 Å². The Bertz CT molecular complexity index is 1000. The maximum Gasteiger partial charge on any atom is 0.0467 e. The van der Waals surface area contributed by atoms with Crippen LogP contribution in [0.4, 0.5) is 5.69 Å². The molecule has 1 fully saturated rings. The summed E-state index contributed by atoms with van der Waals surface area (Å²) in [6.07, 6.45) is 5.61. The molecule has 4 heteroatoms. The van der Waals surface area contributed by atoms with Gasteiger partial charge in [0.1, 0.15) is 0 Å². The highest BCUT2D eigenvalue weighted by Crippen LogP contribution is 2.18. The summed E-state index contributed by atoms with van der Waals surface area (Å²) in [5.74, 6) is 7.12. The van der Waals surface area contributed by atoms with Crippen LogP contribution >= 0.6 is 0 Å². The molecule has 2 unspecified atom stereocenters. The molecule has 1 heterocycles. The Morgan fingerprint density at radius 3 is 2.26 bits per heavy atom. The van der Waals surface area contributed by atoms with Gasteiger partial charge in [0.15, 0.2) is 0 Å². The van der Waals surface area contributed by atoms with E-state index in [1.807, 2.05) is 7.05 Å². The molecular weight excluding hydrogens is 416 g/mol. The summed E-state index contributed by atoms with van der Waals surface area (Å²) in [7, 11) is 2.00. The molecule has 2 atom stereocenters. The predicted molar refractivity (Wildman–Crippen MR) is 147 cm³/mol. The molecule has 0 amide bonds. The van der Waals surface area contributed by atoms with E-state index < -0.39 is 0 Å². The molecule has 4 nitrogen and oxygen atoms in total. The second-order valence-electron chi connectivity index (χ2n) is 9.28. The highest BCUT2D eigenvalue weighted by atomic mass is 15.0. The van der Waals surface area contributed by atoms with Crippen LogP contribution in [0.25, 0.3) is 5.70 Å². The third-order valence-corrected chi connectivity index (χ3v) is 6.20. The number of nitrogens with one attached hydrogen (secondary N) is 4. The van der Waals surface area contributed by atoms with Crippen molar-refractivity contribution in [2.75, 3.05) is 25.5 Å². The number of anilines is 1. The lowest BCUT2D eigenvalue weighted by atomic mass is 10.0. The van der Waals surface area contributed by atoms with Crippen molar-refractivity contribution in [1.29, 1.82) is 0 Å². The molecule has 0 saturated carbocycles. The lowest BCUT2D eigenvalue weighted by molar-refractivity contribution is 0.432. The van der Waals surface area contributed by atoms with Gasteiger partial charge in [-0.25, -0.2) is 0 Å². The Morgan fingerprint density at radius 2 is 1.74 bits per heavy atom. The molecule has 0 bridgehead atoms. The first kappa shape index (κ1) is 25.6. The van der Waals surface area contributed by atoms with Crippen molar-refractivity contribution < 1.29 is 0 Å². The van der Waals surface area contributed by atoms with Crippen LogP contribution < -0.4 is 21.3 Å². The van der Waals surface area contributed by atoms with Crippen molar-refractivity contribution in [3.8, 4) is 11.8 Å². The first-order chi connectivity index (χ1) is 16.5. The van der Waals surface area contributed by atoms with Gasteiger partial charge in [-0.05, 0) is 80.7 Å². The number of rotatable bonds is 10. The molecule has 0 spiro atoms. The van der Waals surface area contributed by atoms with E-state index >= 15 is 0 Å². The fraction of sp³-hybridized carbons (Fsp3) is 0.400. The fourth-order valence-electron chi connectivity index (χ4n) is 4.11. The predicted octanol–water partition coefficient (Wildman–Crippen LogP) is 5.35. The minimum Gasteiger partial charge on any atom is -0.381 e. The largest absolute Gasteiger partial charge is 0.381 e. The van der Waals surface area contributed by atoms with E-state index in [9.17, 15) is 0 Å². The average molecular weight is 457 g/mol. The zero-order valence-corrected chi connectivity index (χ0v) is 21.2. The van der Waals surface area contributed by atoms with Gasteiger partial charge in [-0.1, -0.05) is 57.4 Å². The van der Waals surface area contributed by atoms with Gasteiger partial charge in [-0.3, -0.25) is 0 Å². The SMILES string of the molecule is C=C(Nc1ccc(C#Cc2ccc(/C(=C\CC)NC(CNC)C(C)C)cc2)cc1)C1CCCN1. The van der Waals surface area contributed by atoms with Gasteiger partial charge in [0.2, 0.25) is 0 Å². The van der Waals surface area contributed by atoms with Gasteiger partial charge in [0.25, 0.3) is 0 Å². The van der Waals surface area contributed by atoms with Crippen LogP contribution in [0.5, 0.6) is 0 Å². The van der Waals surface area contributed by atoms with Crippen molar-refractivity contribution in [2.24, 2.45) is 5.92 Å². The van der Waals surface area contributed by atoms with E-state index in [-0.39, 0.29) is 0 Å². The van der Waals surface area contributed by atoms with Crippen molar-refractivity contribution >= 4 is 11.4 Å². The van der Waals surface area contributed by atoms with Crippen LogP contribution in [0.3, 0.4) is 0 Å². The third kappa shape index (κ3) is 7.52. The summed E-state index contributed by atoms with van der Waals surface area (Å²) in [6, 6.07) is 17.5. The standard InChI is InChI=1S/C30H40N4/c1-6-8-29(34-30(21-31-5)22(2)3)26-16-12-24(13-17-26)10-11-25-14-18-27(19-15-25)33-23(4)28-9-7-20-32-28/h8,12-19,22,28,30-34H,4,6-7,9,20-21H2,1-3,5H3/b29-8+. The first-order valence-corrected chi connectivity index (χ1v) is 12.5. The van der Waals surface area contributed by atoms with Crippen LogP contribution in [0.1, 0.15) is 56.7 Å². The number of benzene rings is 2.